The van der Waals surface area contributed by atoms with Crippen molar-refractivity contribution in [3.63, 3.8) is 0 Å². The van der Waals surface area contributed by atoms with E-state index in [4.69, 9.17) is 14.6 Å². The predicted octanol–water partition coefficient (Wildman–Crippen LogP) is 2.61. The quantitative estimate of drug-likeness (QED) is 0.905. The summed E-state index contributed by atoms with van der Waals surface area (Å²) in [5, 5.41) is 9.15. The van der Waals surface area contributed by atoms with E-state index in [1.165, 1.54) is 19.2 Å². The number of aromatic carboxylic acids is 1. The zero-order chi connectivity index (χ0) is 18.0. The molecule has 1 heterocycles. The third-order valence-electron chi connectivity index (χ3n) is 4.10. The van der Waals surface area contributed by atoms with Gasteiger partial charge in [-0.05, 0) is 37.3 Å². The number of rotatable bonds is 5. The van der Waals surface area contributed by atoms with Crippen molar-refractivity contribution in [2.45, 2.75) is 13.0 Å². The molecule has 3 rings (SSSR count). The van der Waals surface area contributed by atoms with Crippen molar-refractivity contribution in [2.75, 3.05) is 20.2 Å². The number of ether oxygens (including phenoxy) is 2. The Morgan fingerprint density at radius 3 is 2.28 bits per heavy atom. The minimum Gasteiger partial charge on any atom is -0.497 e. The molecule has 130 valence electrons. The second-order valence-electron chi connectivity index (χ2n) is 6.02. The molecule has 0 atom stereocenters. The fourth-order valence-electron chi connectivity index (χ4n) is 2.63. The molecule has 1 fully saturated rings. The van der Waals surface area contributed by atoms with Crippen molar-refractivity contribution in [3.05, 3.63) is 59.2 Å². The normalized spacial score (nSPS) is 13.9. The first-order valence-corrected chi connectivity index (χ1v) is 7.91. The van der Waals surface area contributed by atoms with Gasteiger partial charge in [0.1, 0.15) is 17.6 Å². The van der Waals surface area contributed by atoms with Crippen molar-refractivity contribution < 1.29 is 24.2 Å². The number of carboxylic acids is 1. The van der Waals surface area contributed by atoms with E-state index >= 15 is 0 Å². The van der Waals surface area contributed by atoms with Crippen molar-refractivity contribution in [3.8, 4) is 11.5 Å². The van der Waals surface area contributed by atoms with Crippen LogP contribution in [0.4, 0.5) is 0 Å². The summed E-state index contributed by atoms with van der Waals surface area (Å²) in [7, 11) is 1.43. The van der Waals surface area contributed by atoms with E-state index in [1.54, 1.807) is 11.0 Å². The first-order chi connectivity index (χ1) is 12.0. The number of aryl methyl sites for hydroxylation is 1. The third kappa shape index (κ3) is 3.74. The maximum atomic E-state index is 12.5. The number of hydrogen-bond donors (Lipinski definition) is 1. The number of carbonyl (C=O) groups is 2. The number of amides is 1. The topological polar surface area (TPSA) is 76.1 Å². The summed E-state index contributed by atoms with van der Waals surface area (Å²) in [6.07, 6.45) is -0.0591. The van der Waals surface area contributed by atoms with Crippen LogP contribution in [0, 0.1) is 6.92 Å². The second kappa shape index (κ2) is 6.84. The average molecular weight is 341 g/mol. The summed E-state index contributed by atoms with van der Waals surface area (Å²) in [5.74, 6) is -0.212. The van der Waals surface area contributed by atoms with Gasteiger partial charge in [-0.1, -0.05) is 17.7 Å². The molecule has 1 saturated heterocycles. The Morgan fingerprint density at radius 2 is 1.68 bits per heavy atom. The van der Waals surface area contributed by atoms with Gasteiger partial charge >= 0.3 is 5.97 Å². The molecule has 0 bridgehead atoms. The van der Waals surface area contributed by atoms with Gasteiger partial charge in [0.25, 0.3) is 5.91 Å². The van der Waals surface area contributed by atoms with E-state index in [0.717, 1.165) is 11.3 Å². The van der Waals surface area contributed by atoms with Gasteiger partial charge in [-0.15, -0.1) is 0 Å². The molecule has 6 nitrogen and oxygen atoms in total. The standard InChI is InChI=1S/C19H19NO5/c1-12-3-5-15(6-4-12)25-17-10-20(11-17)18(21)13-7-14(19(22)23)9-16(8-13)24-2/h3-9,17H,10-11H2,1-2H3,(H,22,23). The highest BCUT2D eigenvalue weighted by Crippen LogP contribution is 2.23. The Morgan fingerprint density at radius 1 is 1.04 bits per heavy atom. The molecule has 1 N–H and O–H groups in total. The van der Waals surface area contributed by atoms with Gasteiger partial charge in [-0.2, -0.15) is 0 Å². The molecule has 0 unspecified atom stereocenters. The van der Waals surface area contributed by atoms with Crippen LogP contribution in [-0.2, 0) is 0 Å². The van der Waals surface area contributed by atoms with Crippen molar-refractivity contribution >= 4 is 11.9 Å². The van der Waals surface area contributed by atoms with Crippen LogP contribution >= 0.6 is 0 Å². The fourth-order valence-corrected chi connectivity index (χ4v) is 2.63. The minimum atomic E-state index is -1.10. The third-order valence-corrected chi connectivity index (χ3v) is 4.10. The van der Waals surface area contributed by atoms with Gasteiger partial charge in [-0.3, -0.25) is 4.79 Å². The molecule has 2 aromatic carbocycles. The first kappa shape index (κ1) is 16.8. The summed E-state index contributed by atoms with van der Waals surface area (Å²) in [5.41, 5.74) is 1.48. The van der Waals surface area contributed by atoms with Gasteiger partial charge in [0, 0.05) is 5.56 Å². The molecule has 1 amide bonds. The number of benzene rings is 2. The van der Waals surface area contributed by atoms with E-state index in [9.17, 15) is 9.59 Å². The maximum Gasteiger partial charge on any atom is 0.335 e. The SMILES string of the molecule is COc1cc(C(=O)O)cc(C(=O)N2CC(Oc3ccc(C)cc3)C2)c1. The second-order valence-corrected chi connectivity index (χ2v) is 6.02. The van der Waals surface area contributed by atoms with Gasteiger partial charge in [0.2, 0.25) is 0 Å². The smallest absolute Gasteiger partial charge is 0.335 e. The van der Waals surface area contributed by atoms with Crippen LogP contribution in [0.3, 0.4) is 0 Å². The molecule has 0 aromatic heterocycles. The van der Waals surface area contributed by atoms with Crippen LogP contribution in [0.2, 0.25) is 0 Å². The highest BCUT2D eigenvalue weighted by Gasteiger charge is 2.33. The van der Waals surface area contributed by atoms with Crippen LogP contribution in [0.15, 0.2) is 42.5 Å². The Kier molecular flexibility index (Phi) is 4.61. The van der Waals surface area contributed by atoms with Crippen LogP contribution in [0.25, 0.3) is 0 Å². The lowest BCUT2D eigenvalue weighted by Gasteiger charge is -2.39. The zero-order valence-electron chi connectivity index (χ0n) is 14.1. The van der Waals surface area contributed by atoms with Gasteiger partial charge in [0.15, 0.2) is 0 Å². The van der Waals surface area contributed by atoms with Crippen molar-refractivity contribution in [1.82, 2.24) is 4.90 Å². The molecule has 2 aromatic rings. The van der Waals surface area contributed by atoms with E-state index in [0.29, 0.717) is 24.4 Å². The van der Waals surface area contributed by atoms with E-state index in [1.807, 2.05) is 31.2 Å². The number of carboxylic acid groups (broad SMARTS) is 1. The number of hydrogen-bond acceptors (Lipinski definition) is 4. The summed E-state index contributed by atoms with van der Waals surface area (Å²) in [6.45, 7) is 2.94. The van der Waals surface area contributed by atoms with Gasteiger partial charge in [-0.25, -0.2) is 4.79 Å². The fraction of sp³-hybridized carbons (Fsp3) is 0.263. The van der Waals surface area contributed by atoms with Crippen molar-refractivity contribution in [1.29, 1.82) is 0 Å². The van der Waals surface area contributed by atoms with Crippen LogP contribution in [0.1, 0.15) is 26.3 Å². The molecule has 0 aliphatic carbocycles. The molecule has 25 heavy (non-hydrogen) atoms. The Hall–Kier alpha value is -3.02. The molecule has 0 spiro atoms. The Balaban J connectivity index is 1.64. The summed E-state index contributed by atoms with van der Waals surface area (Å²) in [4.78, 5) is 25.3. The van der Waals surface area contributed by atoms with E-state index < -0.39 is 5.97 Å². The molecular weight excluding hydrogens is 322 g/mol. The molecule has 1 aliphatic rings. The van der Waals surface area contributed by atoms with Gasteiger partial charge < -0.3 is 19.5 Å². The molecule has 0 radical (unpaired) electrons. The monoisotopic (exact) mass is 341 g/mol. The molecule has 6 heteroatoms. The number of carbonyl (C=O) groups excluding carboxylic acids is 1. The maximum absolute atomic E-state index is 12.5. The highest BCUT2D eigenvalue weighted by atomic mass is 16.5. The van der Waals surface area contributed by atoms with Crippen molar-refractivity contribution in [2.24, 2.45) is 0 Å². The molecule has 0 saturated carbocycles. The first-order valence-electron chi connectivity index (χ1n) is 7.91. The van der Waals surface area contributed by atoms with Crippen LogP contribution in [-0.4, -0.2) is 48.2 Å². The van der Waals surface area contributed by atoms with E-state index in [2.05, 4.69) is 0 Å². The van der Waals surface area contributed by atoms with Crippen LogP contribution in [0.5, 0.6) is 11.5 Å². The van der Waals surface area contributed by atoms with Gasteiger partial charge in [0.05, 0.1) is 25.8 Å². The Bertz CT molecular complexity index is 794. The van der Waals surface area contributed by atoms with E-state index in [-0.39, 0.29) is 17.6 Å². The summed E-state index contributed by atoms with van der Waals surface area (Å²) in [6, 6.07) is 12.0. The predicted molar refractivity (Wildman–Crippen MR) is 91.5 cm³/mol. The number of methoxy groups -OCH3 is 1. The average Bonchev–Trinajstić information content (AvgIpc) is 2.58. The zero-order valence-corrected chi connectivity index (χ0v) is 14.1. The lowest BCUT2D eigenvalue weighted by molar-refractivity contribution is 0.0177. The Labute approximate surface area is 145 Å². The summed E-state index contributed by atoms with van der Waals surface area (Å²) < 4.78 is 10.9. The summed E-state index contributed by atoms with van der Waals surface area (Å²) >= 11 is 0. The molecule has 1 aliphatic heterocycles. The minimum absolute atomic E-state index is 0.0238. The largest absolute Gasteiger partial charge is 0.497 e. The van der Waals surface area contributed by atoms with Crippen LogP contribution < -0.4 is 9.47 Å². The lowest BCUT2D eigenvalue weighted by atomic mass is 10.1. The number of likely N-dealkylation sites (tertiary alicyclic amines) is 1. The highest BCUT2D eigenvalue weighted by molar-refractivity contribution is 5.98. The molecular formula is C19H19NO5. The lowest BCUT2D eigenvalue weighted by Crippen LogP contribution is -2.56. The number of nitrogens with zero attached hydrogens (tertiary/aromatic N) is 1.